The summed E-state index contributed by atoms with van der Waals surface area (Å²) in [7, 11) is 0. The van der Waals surface area contributed by atoms with Crippen LogP contribution in [0.3, 0.4) is 0 Å². The van der Waals surface area contributed by atoms with E-state index in [4.69, 9.17) is 4.42 Å². The second kappa shape index (κ2) is 2.83. The second-order valence-electron chi connectivity index (χ2n) is 3.96. The Morgan fingerprint density at radius 1 is 1.00 bits per heavy atom. The van der Waals surface area contributed by atoms with Gasteiger partial charge in [-0.1, -0.05) is 11.6 Å². The highest BCUT2D eigenvalue weighted by Gasteiger charge is 2.07. The number of benzene rings is 1. The van der Waals surface area contributed by atoms with E-state index in [1.807, 2.05) is 25.3 Å². The molecule has 2 heteroatoms. The van der Waals surface area contributed by atoms with Gasteiger partial charge >= 0.3 is 0 Å². The van der Waals surface area contributed by atoms with Gasteiger partial charge in [-0.05, 0) is 37.6 Å². The van der Waals surface area contributed by atoms with Gasteiger partial charge in [0.05, 0.1) is 0 Å². The Hall–Kier alpha value is -1.83. The first-order chi connectivity index (χ1) is 7.24. The molecule has 0 saturated carbocycles. The van der Waals surface area contributed by atoms with Crippen LogP contribution in [0.15, 0.2) is 34.9 Å². The van der Waals surface area contributed by atoms with Crippen molar-refractivity contribution in [1.82, 2.24) is 4.98 Å². The van der Waals surface area contributed by atoms with Crippen LogP contribution >= 0.6 is 0 Å². The van der Waals surface area contributed by atoms with Crippen molar-refractivity contribution < 1.29 is 4.42 Å². The van der Waals surface area contributed by atoms with E-state index in [1.165, 1.54) is 5.56 Å². The highest BCUT2D eigenvalue weighted by molar-refractivity contribution is 6.02. The molecule has 0 N–H and O–H groups in total. The van der Waals surface area contributed by atoms with Crippen LogP contribution in [0.5, 0.6) is 0 Å². The van der Waals surface area contributed by atoms with Gasteiger partial charge in [-0.15, -0.1) is 0 Å². The lowest BCUT2D eigenvalue weighted by Gasteiger charge is -1.91. The summed E-state index contributed by atoms with van der Waals surface area (Å²) < 4.78 is 5.73. The third-order valence-corrected chi connectivity index (χ3v) is 2.60. The maximum atomic E-state index is 5.73. The number of aryl methyl sites for hydroxylation is 2. The molecule has 3 aromatic rings. The molecule has 1 aromatic carbocycles. The minimum Gasteiger partial charge on any atom is -0.454 e. The molecule has 0 spiro atoms. The zero-order chi connectivity index (χ0) is 10.4. The van der Waals surface area contributed by atoms with Crippen LogP contribution in [-0.2, 0) is 0 Å². The normalized spacial score (nSPS) is 11.3. The van der Waals surface area contributed by atoms with Gasteiger partial charge in [-0.3, -0.25) is 4.98 Å². The molecule has 15 heavy (non-hydrogen) atoms. The maximum Gasteiger partial charge on any atom is 0.154 e. The van der Waals surface area contributed by atoms with Gasteiger partial charge in [0.1, 0.15) is 11.1 Å². The number of hydrogen-bond donors (Lipinski definition) is 0. The quantitative estimate of drug-likeness (QED) is 0.550. The molecule has 2 heterocycles. The summed E-state index contributed by atoms with van der Waals surface area (Å²) in [5.41, 5.74) is 5.09. The van der Waals surface area contributed by atoms with Crippen LogP contribution < -0.4 is 0 Å². The van der Waals surface area contributed by atoms with Crippen molar-refractivity contribution in [1.29, 1.82) is 0 Å². The van der Waals surface area contributed by atoms with Gasteiger partial charge in [0, 0.05) is 11.6 Å². The first-order valence-corrected chi connectivity index (χ1v) is 4.99. The van der Waals surface area contributed by atoms with Crippen LogP contribution in [0.1, 0.15) is 11.1 Å². The number of fused-ring (bicyclic) bond motifs is 3. The van der Waals surface area contributed by atoms with Crippen molar-refractivity contribution in [2.45, 2.75) is 13.8 Å². The molecule has 2 nitrogen and oxygen atoms in total. The largest absolute Gasteiger partial charge is 0.454 e. The lowest BCUT2D eigenvalue weighted by molar-refractivity contribution is 0.667. The lowest BCUT2D eigenvalue weighted by Crippen LogP contribution is -1.77. The van der Waals surface area contributed by atoms with Crippen LogP contribution in [0, 0.1) is 13.8 Å². The lowest BCUT2D eigenvalue weighted by atomic mass is 10.1. The van der Waals surface area contributed by atoms with Crippen molar-refractivity contribution in [2.75, 3.05) is 0 Å². The Labute approximate surface area is 87.5 Å². The third kappa shape index (κ3) is 1.22. The van der Waals surface area contributed by atoms with Gasteiger partial charge in [-0.2, -0.15) is 0 Å². The number of rotatable bonds is 0. The fraction of sp³-hybridized carbons (Fsp3) is 0.154. The van der Waals surface area contributed by atoms with E-state index < -0.39 is 0 Å². The Morgan fingerprint density at radius 3 is 2.73 bits per heavy atom. The van der Waals surface area contributed by atoms with Crippen molar-refractivity contribution in [2.24, 2.45) is 0 Å². The van der Waals surface area contributed by atoms with Gasteiger partial charge in [0.2, 0.25) is 0 Å². The third-order valence-electron chi connectivity index (χ3n) is 2.60. The molecule has 0 unspecified atom stereocenters. The molecule has 0 fully saturated rings. The first-order valence-electron chi connectivity index (χ1n) is 4.99. The molecular formula is C13H11NO. The first kappa shape index (κ1) is 8.48. The minimum atomic E-state index is 0.871. The summed E-state index contributed by atoms with van der Waals surface area (Å²) in [6.07, 6.45) is 1.87. The Morgan fingerprint density at radius 2 is 1.87 bits per heavy atom. The van der Waals surface area contributed by atoms with E-state index in [0.29, 0.717) is 0 Å². The fourth-order valence-corrected chi connectivity index (χ4v) is 1.86. The van der Waals surface area contributed by atoms with E-state index >= 15 is 0 Å². The monoisotopic (exact) mass is 197 g/mol. The molecule has 74 valence electrons. The van der Waals surface area contributed by atoms with E-state index in [1.54, 1.807) is 0 Å². The number of furan rings is 1. The zero-order valence-corrected chi connectivity index (χ0v) is 8.74. The molecule has 0 bridgehead atoms. The van der Waals surface area contributed by atoms with Crippen molar-refractivity contribution in [3.63, 3.8) is 0 Å². The summed E-state index contributed by atoms with van der Waals surface area (Å²) in [6, 6.07) is 8.19. The molecule has 0 radical (unpaired) electrons. The predicted octanol–water partition coefficient (Wildman–Crippen LogP) is 3.60. The molecule has 0 atom stereocenters. The average molecular weight is 197 g/mol. The second-order valence-corrected chi connectivity index (χ2v) is 3.96. The zero-order valence-electron chi connectivity index (χ0n) is 8.74. The number of pyridine rings is 1. The summed E-state index contributed by atoms with van der Waals surface area (Å²) in [5.74, 6) is 0. The molecular weight excluding hydrogens is 186 g/mol. The van der Waals surface area contributed by atoms with Gasteiger partial charge in [0.15, 0.2) is 5.58 Å². The molecule has 0 saturated heterocycles. The Balaban J connectivity index is 2.53. The topological polar surface area (TPSA) is 26.0 Å². The molecule has 3 rings (SSSR count). The summed E-state index contributed by atoms with van der Waals surface area (Å²) in [5, 5.41) is 1.10. The summed E-state index contributed by atoms with van der Waals surface area (Å²) >= 11 is 0. The summed E-state index contributed by atoms with van der Waals surface area (Å²) in [6.45, 7) is 4.09. The molecule has 0 aliphatic heterocycles. The number of nitrogens with zero attached hydrogens (tertiary/aromatic N) is 1. The Bertz CT molecular complexity index is 652. The maximum absolute atomic E-state index is 5.73. The predicted molar refractivity (Wildman–Crippen MR) is 61.0 cm³/mol. The highest BCUT2D eigenvalue weighted by Crippen LogP contribution is 2.27. The molecule has 0 amide bonds. The van der Waals surface area contributed by atoms with Gasteiger partial charge < -0.3 is 4.42 Å². The van der Waals surface area contributed by atoms with E-state index in [9.17, 15) is 0 Å². The van der Waals surface area contributed by atoms with Crippen LogP contribution in [0.4, 0.5) is 0 Å². The minimum absolute atomic E-state index is 0.871. The smallest absolute Gasteiger partial charge is 0.154 e. The van der Waals surface area contributed by atoms with Gasteiger partial charge in [0.25, 0.3) is 0 Å². The highest BCUT2D eigenvalue weighted by atomic mass is 16.3. The van der Waals surface area contributed by atoms with Crippen molar-refractivity contribution in [3.05, 3.63) is 41.6 Å². The van der Waals surface area contributed by atoms with E-state index in [-0.39, 0.29) is 0 Å². The van der Waals surface area contributed by atoms with Crippen LogP contribution in [0.2, 0.25) is 0 Å². The van der Waals surface area contributed by atoms with Crippen molar-refractivity contribution in [3.8, 4) is 0 Å². The molecule has 2 aromatic heterocycles. The van der Waals surface area contributed by atoms with Crippen molar-refractivity contribution >= 4 is 22.1 Å². The van der Waals surface area contributed by atoms with E-state index in [2.05, 4.69) is 24.0 Å². The fourth-order valence-electron chi connectivity index (χ4n) is 1.86. The number of aromatic nitrogens is 1. The van der Waals surface area contributed by atoms with Gasteiger partial charge in [-0.25, -0.2) is 0 Å². The average Bonchev–Trinajstić information content (AvgIpc) is 2.54. The Kier molecular flexibility index (Phi) is 1.60. The summed E-state index contributed by atoms with van der Waals surface area (Å²) in [4.78, 5) is 4.42. The van der Waals surface area contributed by atoms with E-state index in [0.717, 1.165) is 27.6 Å². The SMILES string of the molecule is Cc1cnc2c(c1)oc1ccc(C)cc12. The standard InChI is InChI=1S/C13H11NO/c1-8-3-4-11-10(5-8)13-12(15-11)6-9(2)7-14-13/h3-7H,1-2H3. The van der Waals surface area contributed by atoms with Crippen LogP contribution in [0.25, 0.3) is 22.1 Å². The number of hydrogen-bond acceptors (Lipinski definition) is 2. The molecule has 0 aliphatic rings. The molecule has 0 aliphatic carbocycles. The van der Waals surface area contributed by atoms with Crippen LogP contribution in [-0.4, -0.2) is 4.98 Å².